The van der Waals surface area contributed by atoms with Crippen LogP contribution >= 0.6 is 35.0 Å². The molecule has 0 aromatic heterocycles. The van der Waals surface area contributed by atoms with E-state index < -0.39 is 6.04 Å². The van der Waals surface area contributed by atoms with E-state index in [9.17, 15) is 9.59 Å². The van der Waals surface area contributed by atoms with Gasteiger partial charge in [-0.05, 0) is 61.7 Å². The molecule has 0 saturated heterocycles. The van der Waals surface area contributed by atoms with Gasteiger partial charge >= 0.3 is 0 Å². The van der Waals surface area contributed by atoms with Gasteiger partial charge in [0.1, 0.15) is 6.04 Å². The number of hydrogen-bond acceptors (Lipinski definition) is 3. The molecule has 0 bridgehead atoms. The van der Waals surface area contributed by atoms with Crippen molar-refractivity contribution in [1.82, 2.24) is 10.2 Å². The lowest BCUT2D eigenvalue weighted by molar-refractivity contribution is -0.140. The molecule has 0 aliphatic heterocycles. The lowest BCUT2D eigenvalue weighted by Gasteiger charge is -2.30. The van der Waals surface area contributed by atoms with Gasteiger partial charge in [-0.2, -0.15) is 0 Å². The maximum absolute atomic E-state index is 13.1. The number of thioether (sulfide) groups is 1. The zero-order valence-corrected chi connectivity index (χ0v) is 20.0. The number of amides is 2. The first-order valence-electron chi connectivity index (χ1n) is 10.6. The van der Waals surface area contributed by atoms with Crippen LogP contribution in [0.1, 0.15) is 44.6 Å². The van der Waals surface area contributed by atoms with Gasteiger partial charge in [-0.25, -0.2) is 0 Å². The molecular formula is C24H28Cl2N2O2S. The van der Waals surface area contributed by atoms with Crippen LogP contribution < -0.4 is 5.32 Å². The van der Waals surface area contributed by atoms with Gasteiger partial charge in [0.2, 0.25) is 11.8 Å². The lowest BCUT2D eigenvalue weighted by atomic mass is 10.1. The maximum Gasteiger partial charge on any atom is 0.242 e. The van der Waals surface area contributed by atoms with Gasteiger partial charge in [0.15, 0.2) is 0 Å². The van der Waals surface area contributed by atoms with Gasteiger partial charge < -0.3 is 10.2 Å². The number of rotatable bonds is 9. The van der Waals surface area contributed by atoms with Crippen LogP contribution in [0.4, 0.5) is 0 Å². The van der Waals surface area contributed by atoms with E-state index in [0.717, 1.165) is 36.1 Å². The highest BCUT2D eigenvalue weighted by Crippen LogP contribution is 2.23. The van der Waals surface area contributed by atoms with Crippen molar-refractivity contribution in [3.63, 3.8) is 0 Å². The van der Waals surface area contributed by atoms with Crippen LogP contribution in [0.5, 0.6) is 0 Å². The van der Waals surface area contributed by atoms with Gasteiger partial charge in [0.05, 0.1) is 0 Å². The number of nitrogens with zero attached hydrogens (tertiary/aromatic N) is 1. The smallest absolute Gasteiger partial charge is 0.242 e. The van der Waals surface area contributed by atoms with E-state index in [1.54, 1.807) is 28.8 Å². The van der Waals surface area contributed by atoms with E-state index in [-0.39, 0.29) is 17.9 Å². The molecule has 0 spiro atoms. The highest BCUT2D eigenvalue weighted by molar-refractivity contribution is 7.99. The summed E-state index contributed by atoms with van der Waals surface area (Å²) in [5.74, 6) is 0.513. The van der Waals surface area contributed by atoms with Gasteiger partial charge in [0, 0.05) is 39.7 Å². The molecule has 1 atom stereocenters. The topological polar surface area (TPSA) is 49.4 Å². The summed E-state index contributed by atoms with van der Waals surface area (Å²) in [6.45, 7) is 2.19. The first-order chi connectivity index (χ1) is 14.9. The molecule has 2 aromatic carbocycles. The molecule has 0 radical (unpaired) electrons. The average molecular weight is 479 g/mol. The van der Waals surface area contributed by atoms with E-state index in [1.807, 2.05) is 43.3 Å². The van der Waals surface area contributed by atoms with Gasteiger partial charge in [-0.15, -0.1) is 11.8 Å². The third kappa shape index (κ3) is 7.44. The molecule has 31 heavy (non-hydrogen) atoms. The molecule has 7 heteroatoms. The highest BCUT2D eigenvalue weighted by Gasteiger charge is 2.28. The SMILES string of the molecule is C[C@H](C(=O)NC1CCCC1)N(Cc1ccc(Cl)cc1)C(=O)CCSc1ccc(Cl)cc1. The van der Waals surface area contributed by atoms with Crippen LogP contribution in [0, 0.1) is 0 Å². The quantitative estimate of drug-likeness (QED) is 0.452. The standard InChI is InChI=1S/C24H28Cl2N2O2S/c1-17(24(30)27-21-4-2-3-5-21)28(16-18-6-8-19(25)9-7-18)23(29)14-15-31-22-12-10-20(26)11-13-22/h6-13,17,21H,2-5,14-16H2,1H3,(H,27,30)/t17-/m1/s1. The molecule has 1 saturated carbocycles. The van der Waals surface area contributed by atoms with Crippen LogP contribution in [0.15, 0.2) is 53.4 Å². The Bertz CT molecular complexity index is 868. The van der Waals surface area contributed by atoms with E-state index in [1.165, 1.54) is 0 Å². The van der Waals surface area contributed by atoms with E-state index >= 15 is 0 Å². The summed E-state index contributed by atoms with van der Waals surface area (Å²) in [7, 11) is 0. The molecule has 4 nitrogen and oxygen atoms in total. The number of carbonyl (C=O) groups is 2. The molecule has 2 aromatic rings. The summed E-state index contributed by atoms with van der Waals surface area (Å²) in [5, 5.41) is 4.46. The third-order valence-electron chi connectivity index (χ3n) is 5.53. The first-order valence-corrected chi connectivity index (χ1v) is 12.4. The largest absolute Gasteiger partial charge is 0.352 e. The summed E-state index contributed by atoms with van der Waals surface area (Å²) in [6.07, 6.45) is 4.67. The Morgan fingerprint density at radius 2 is 1.61 bits per heavy atom. The fourth-order valence-electron chi connectivity index (χ4n) is 3.69. The van der Waals surface area contributed by atoms with Crippen molar-refractivity contribution in [1.29, 1.82) is 0 Å². The van der Waals surface area contributed by atoms with Crippen LogP contribution in [0.2, 0.25) is 10.0 Å². The minimum atomic E-state index is -0.538. The van der Waals surface area contributed by atoms with Gasteiger partial charge in [0.25, 0.3) is 0 Å². The predicted molar refractivity (Wildman–Crippen MR) is 129 cm³/mol. The van der Waals surface area contributed by atoms with Crippen molar-refractivity contribution in [2.24, 2.45) is 0 Å². The fraction of sp³-hybridized carbons (Fsp3) is 0.417. The number of nitrogens with one attached hydrogen (secondary N) is 1. The Morgan fingerprint density at radius 1 is 1.03 bits per heavy atom. The molecule has 1 N–H and O–H groups in total. The van der Waals surface area contributed by atoms with Crippen molar-refractivity contribution in [3.05, 3.63) is 64.1 Å². The van der Waals surface area contributed by atoms with Crippen LogP contribution in [-0.4, -0.2) is 34.6 Å². The molecule has 3 rings (SSSR count). The van der Waals surface area contributed by atoms with E-state index in [0.29, 0.717) is 28.8 Å². The van der Waals surface area contributed by atoms with Crippen molar-refractivity contribution < 1.29 is 9.59 Å². The first kappa shape index (κ1) is 24.0. The second kappa shape index (κ2) is 11.8. The summed E-state index contributed by atoms with van der Waals surface area (Å²) in [4.78, 5) is 28.7. The molecule has 1 aliphatic carbocycles. The van der Waals surface area contributed by atoms with Crippen molar-refractivity contribution in [2.45, 2.75) is 62.6 Å². The summed E-state index contributed by atoms with van der Waals surface area (Å²) >= 11 is 13.5. The number of carbonyl (C=O) groups excluding carboxylic acids is 2. The van der Waals surface area contributed by atoms with Crippen molar-refractivity contribution in [3.8, 4) is 0 Å². The summed E-state index contributed by atoms with van der Waals surface area (Å²) in [5.41, 5.74) is 0.948. The number of benzene rings is 2. The molecule has 2 amide bonds. The van der Waals surface area contributed by atoms with Gasteiger partial charge in [-0.1, -0.05) is 48.2 Å². The van der Waals surface area contributed by atoms with Crippen LogP contribution in [-0.2, 0) is 16.1 Å². The molecular weight excluding hydrogens is 451 g/mol. The number of hydrogen-bond donors (Lipinski definition) is 1. The van der Waals surface area contributed by atoms with Gasteiger partial charge in [-0.3, -0.25) is 9.59 Å². The molecule has 0 heterocycles. The second-order valence-electron chi connectivity index (χ2n) is 7.87. The molecule has 0 unspecified atom stereocenters. The normalized spacial score (nSPS) is 14.9. The van der Waals surface area contributed by atoms with E-state index in [2.05, 4.69) is 5.32 Å². The molecule has 1 fully saturated rings. The minimum absolute atomic E-state index is 0.0366. The van der Waals surface area contributed by atoms with Crippen LogP contribution in [0.3, 0.4) is 0 Å². The Hall–Kier alpha value is -1.69. The van der Waals surface area contributed by atoms with E-state index in [4.69, 9.17) is 23.2 Å². The Kier molecular flexibility index (Phi) is 9.12. The Balaban J connectivity index is 1.64. The zero-order chi connectivity index (χ0) is 22.2. The molecule has 166 valence electrons. The van der Waals surface area contributed by atoms with Crippen molar-refractivity contribution >= 4 is 46.8 Å². The van der Waals surface area contributed by atoms with Crippen molar-refractivity contribution in [2.75, 3.05) is 5.75 Å². The van der Waals surface area contributed by atoms with Crippen LogP contribution in [0.25, 0.3) is 0 Å². The average Bonchev–Trinajstić information content (AvgIpc) is 3.27. The minimum Gasteiger partial charge on any atom is -0.352 e. The zero-order valence-electron chi connectivity index (χ0n) is 17.7. The second-order valence-corrected chi connectivity index (χ2v) is 9.91. The monoisotopic (exact) mass is 478 g/mol. The summed E-state index contributed by atoms with van der Waals surface area (Å²) in [6, 6.07) is 14.7. The number of halogens is 2. The molecule has 1 aliphatic rings. The Labute approximate surface area is 198 Å². The Morgan fingerprint density at radius 3 is 2.23 bits per heavy atom. The lowest BCUT2D eigenvalue weighted by Crippen LogP contribution is -2.49. The highest BCUT2D eigenvalue weighted by atomic mass is 35.5. The predicted octanol–water partition coefficient (Wildman–Crippen LogP) is 5.95. The summed E-state index contributed by atoms with van der Waals surface area (Å²) < 4.78 is 0. The third-order valence-corrected chi connectivity index (χ3v) is 7.05. The fourth-order valence-corrected chi connectivity index (χ4v) is 4.78. The maximum atomic E-state index is 13.1.